The highest BCUT2D eigenvalue weighted by molar-refractivity contribution is 5.81. The molecule has 0 radical (unpaired) electrons. The molecule has 1 aromatic carbocycles. The Labute approximate surface area is 100 Å². The third-order valence-corrected chi connectivity index (χ3v) is 2.89. The van der Waals surface area contributed by atoms with Crippen LogP contribution in [0.4, 0.5) is 0 Å². The number of H-pyrrole nitrogens is 1. The van der Waals surface area contributed by atoms with Crippen molar-refractivity contribution in [3.05, 3.63) is 45.7 Å². The number of rotatable bonds is 3. The van der Waals surface area contributed by atoms with Crippen LogP contribution in [0, 0.1) is 0 Å². The summed E-state index contributed by atoms with van der Waals surface area (Å²) in [6.45, 7) is 4.64. The minimum absolute atomic E-state index is 0.0698. The molecule has 3 nitrogen and oxygen atoms in total. The van der Waals surface area contributed by atoms with E-state index in [0.717, 1.165) is 22.2 Å². The van der Waals surface area contributed by atoms with Crippen molar-refractivity contribution in [1.82, 2.24) is 4.98 Å². The molecule has 2 aromatic rings. The smallest absolute Gasteiger partial charge is 0.189 e. The number of ether oxygens (including phenoxy) is 1. The Kier molecular flexibility index (Phi) is 3.29. The van der Waals surface area contributed by atoms with Crippen LogP contribution in [0.3, 0.4) is 0 Å². The number of methoxy groups -OCH3 is 1. The van der Waals surface area contributed by atoms with Crippen LogP contribution in [0.2, 0.25) is 0 Å². The molecule has 0 bridgehead atoms. The van der Waals surface area contributed by atoms with E-state index in [9.17, 15) is 4.79 Å². The number of nitrogens with one attached hydrogen (secondary N) is 1. The Balaban J connectivity index is 2.74. The van der Waals surface area contributed by atoms with Crippen LogP contribution in [-0.4, -0.2) is 12.1 Å². The van der Waals surface area contributed by atoms with Crippen molar-refractivity contribution in [3.63, 3.8) is 0 Å². The van der Waals surface area contributed by atoms with Crippen molar-refractivity contribution < 1.29 is 4.74 Å². The third-order valence-electron chi connectivity index (χ3n) is 2.89. The normalized spacial score (nSPS) is 11.3. The van der Waals surface area contributed by atoms with Crippen LogP contribution in [0.25, 0.3) is 10.9 Å². The summed E-state index contributed by atoms with van der Waals surface area (Å²) < 4.78 is 5.15. The average Bonchev–Trinajstić information content (AvgIpc) is 2.30. The first-order valence-electron chi connectivity index (χ1n) is 5.77. The van der Waals surface area contributed by atoms with Crippen molar-refractivity contribution in [1.29, 1.82) is 0 Å². The van der Waals surface area contributed by atoms with E-state index in [4.69, 9.17) is 4.74 Å². The quantitative estimate of drug-likeness (QED) is 0.882. The highest BCUT2D eigenvalue weighted by atomic mass is 16.5. The molecule has 0 amide bonds. The molecule has 0 saturated carbocycles. The molecule has 17 heavy (non-hydrogen) atoms. The zero-order valence-electron chi connectivity index (χ0n) is 10.4. The van der Waals surface area contributed by atoms with E-state index in [1.54, 1.807) is 13.2 Å². The molecule has 2 rings (SSSR count). The van der Waals surface area contributed by atoms with Gasteiger partial charge in [-0.15, -0.1) is 0 Å². The Morgan fingerprint density at radius 3 is 2.76 bits per heavy atom. The Bertz CT molecular complexity index is 584. The number of para-hydroxylation sites is 1. The van der Waals surface area contributed by atoms with Gasteiger partial charge in [-0.1, -0.05) is 26.0 Å². The zero-order valence-corrected chi connectivity index (χ0v) is 10.4. The molecule has 0 aliphatic carbocycles. The summed E-state index contributed by atoms with van der Waals surface area (Å²) in [7, 11) is 1.66. The van der Waals surface area contributed by atoms with Gasteiger partial charge < -0.3 is 9.72 Å². The van der Waals surface area contributed by atoms with Crippen LogP contribution in [0.1, 0.15) is 31.0 Å². The highest BCUT2D eigenvalue weighted by Gasteiger charge is 2.08. The molecule has 0 aliphatic rings. The van der Waals surface area contributed by atoms with Crippen LogP contribution in [0.15, 0.2) is 29.1 Å². The summed E-state index contributed by atoms with van der Waals surface area (Å²) in [5, 5.41) is 0.726. The summed E-state index contributed by atoms with van der Waals surface area (Å²) in [6.07, 6.45) is 0. The first kappa shape index (κ1) is 11.9. The number of benzene rings is 1. The van der Waals surface area contributed by atoms with E-state index >= 15 is 0 Å². The van der Waals surface area contributed by atoms with E-state index in [-0.39, 0.29) is 5.43 Å². The molecule has 0 unspecified atom stereocenters. The predicted octanol–water partition coefficient (Wildman–Crippen LogP) is 2.80. The maximum absolute atomic E-state index is 12.0. The number of fused-ring (bicyclic) bond motifs is 1. The second-order valence-corrected chi connectivity index (χ2v) is 4.52. The van der Waals surface area contributed by atoms with Crippen molar-refractivity contribution in [2.45, 2.75) is 26.4 Å². The zero-order chi connectivity index (χ0) is 12.4. The van der Waals surface area contributed by atoms with Gasteiger partial charge in [0.25, 0.3) is 0 Å². The molecule has 1 heterocycles. The Hall–Kier alpha value is -1.61. The van der Waals surface area contributed by atoms with Crippen molar-refractivity contribution >= 4 is 10.9 Å². The first-order chi connectivity index (χ1) is 8.13. The monoisotopic (exact) mass is 231 g/mol. The molecule has 3 heteroatoms. The lowest BCUT2D eigenvalue weighted by atomic mass is 10.1. The van der Waals surface area contributed by atoms with Gasteiger partial charge in [0.2, 0.25) is 0 Å². The number of pyridine rings is 1. The summed E-state index contributed by atoms with van der Waals surface area (Å²) in [4.78, 5) is 15.3. The molecule has 0 aliphatic heterocycles. The Morgan fingerprint density at radius 2 is 2.12 bits per heavy atom. The second-order valence-electron chi connectivity index (χ2n) is 4.52. The average molecular weight is 231 g/mol. The lowest BCUT2D eigenvalue weighted by molar-refractivity contribution is 0.186. The summed E-state index contributed by atoms with van der Waals surface area (Å²) in [5.41, 5.74) is 2.95. The molecule has 90 valence electrons. The molecular formula is C14H17NO2. The minimum atomic E-state index is 0.0698. The summed E-state index contributed by atoms with van der Waals surface area (Å²) in [6, 6.07) is 7.40. The predicted molar refractivity (Wildman–Crippen MR) is 69.4 cm³/mol. The SMILES string of the molecule is COCc1cccc2c(=O)cc(C(C)C)[nH]c12. The number of aromatic amines is 1. The van der Waals surface area contributed by atoms with Gasteiger partial charge in [0.1, 0.15) is 0 Å². The van der Waals surface area contributed by atoms with E-state index in [1.807, 2.05) is 18.2 Å². The van der Waals surface area contributed by atoms with E-state index in [2.05, 4.69) is 18.8 Å². The van der Waals surface area contributed by atoms with Crippen LogP contribution >= 0.6 is 0 Å². The van der Waals surface area contributed by atoms with Gasteiger partial charge in [0, 0.05) is 29.8 Å². The number of hydrogen-bond donors (Lipinski definition) is 1. The number of aromatic nitrogens is 1. The molecule has 0 saturated heterocycles. The minimum Gasteiger partial charge on any atom is -0.380 e. The van der Waals surface area contributed by atoms with Gasteiger partial charge in [-0.25, -0.2) is 0 Å². The lowest BCUT2D eigenvalue weighted by Crippen LogP contribution is -2.08. The summed E-state index contributed by atoms with van der Waals surface area (Å²) in [5.74, 6) is 0.308. The molecule has 1 aromatic heterocycles. The van der Waals surface area contributed by atoms with Gasteiger partial charge in [-0.05, 0) is 12.0 Å². The third kappa shape index (κ3) is 2.24. The van der Waals surface area contributed by atoms with Crippen LogP contribution in [0.5, 0.6) is 0 Å². The van der Waals surface area contributed by atoms with Crippen molar-refractivity contribution in [2.24, 2.45) is 0 Å². The first-order valence-corrected chi connectivity index (χ1v) is 5.77. The standard InChI is InChI=1S/C14H17NO2/c1-9(2)12-7-13(16)11-6-4-5-10(8-17-3)14(11)15-12/h4-7,9H,8H2,1-3H3,(H,15,16). The lowest BCUT2D eigenvalue weighted by Gasteiger charge is -2.10. The summed E-state index contributed by atoms with van der Waals surface area (Å²) >= 11 is 0. The van der Waals surface area contributed by atoms with Gasteiger partial charge in [0.05, 0.1) is 12.1 Å². The molecule has 0 atom stereocenters. The number of hydrogen-bond acceptors (Lipinski definition) is 2. The van der Waals surface area contributed by atoms with Gasteiger partial charge >= 0.3 is 0 Å². The van der Waals surface area contributed by atoms with Crippen LogP contribution in [-0.2, 0) is 11.3 Å². The fraction of sp³-hybridized carbons (Fsp3) is 0.357. The van der Waals surface area contributed by atoms with Gasteiger partial charge in [0.15, 0.2) is 5.43 Å². The molecule has 0 fully saturated rings. The maximum Gasteiger partial charge on any atom is 0.189 e. The van der Waals surface area contributed by atoms with E-state index in [0.29, 0.717) is 12.5 Å². The fourth-order valence-corrected chi connectivity index (χ4v) is 1.94. The van der Waals surface area contributed by atoms with Crippen molar-refractivity contribution in [3.8, 4) is 0 Å². The van der Waals surface area contributed by atoms with E-state index < -0.39 is 0 Å². The van der Waals surface area contributed by atoms with Crippen LogP contribution < -0.4 is 5.43 Å². The van der Waals surface area contributed by atoms with E-state index in [1.165, 1.54) is 0 Å². The van der Waals surface area contributed by atoms with Gasteiger partial charge in [-0.3, -0.25) is 4.79 Å². The largest absolute Gasteiger partial charge is 0.380 e. The molecule has 1 N–H and O–H groups in total. The second kappa shape index (κ2) is 4.72. The van der Waals surface area contributed by atoms with Gasteiger partial charge in [-0.2, -0.15) is 0 Å². The molecule has 0 spiro atoms. The van der Waals surface area contributed by atoms with Crippen molar-refractivity contribution in [2.75, 3.05) is 7.11 Å². The maximum atomic E-state index is 12.0. The fourth-order valence-electron chi connectivity index (χ4n) is 1.94. The molecular weight excluding hydrogens is 214 g/mol. The Morgan fingerprint density at radius 1 is 1.35 bits per heavy atom. The highest BCUT2D eigenvalue weighted by Crippen LogP contribution is 2.18. The topological polar surface area (TPSA) is 42.1 Å².